The second-order valence-electron chi connectivity index (χ2n) is 4.48. The van der Waals surface area contributed by atoms with E-state index in [2.05, 4.69) is 31.0 Å². The highest BCUT2D eigenvalue weighted by atomic mass is 35.5. The molecule has 102 valence electrons. The molecule has 0 spiro atoms. The van der Waals surface area contributed by atoms with Crippen molar-refractivity contribution in [3.05, 3.63) is 33.8 Å². The molecule has 1 aromatic carbocycles. The van der Waals surface area contributed by atoms with Crippen LogP contribution in [-0.2, 0) is 6.54 Å². The third kappa shape index (κ3) is 4.77. The number of hydrogen-bond acceptors (Lipinski definition) is 2. The number of nitrogens with zero attached hydrogens (tertiary/aromatic N) is 1. The van der Waals surface area contributed by atoms with Crippen molar-refractivity contribution in [1.29, 1.82) is 0 Å². The topological polar surface area (TPSA) is 15.3 Å². The first-order valence-corrected chi connectivity index (χ1v) is 7.22. The molecule has 0 heterocycles. The monoisotopic (exact) mass is 288 g/mol. The van der Waals surface area contributed by atoms with Gasteiger partial charge in [0.25, 0.3) is 0 Å². The second-order valence-corrected chi connectivity index (χ2v) is 5.27. The molecule has 0 radical (unpaired) electrons. The van der Waals surface area contributed by atoms with E-state index < -0.39 is 0 Å². The standard InChI is InChI=1S/C14H22Cl2N2/c1-4-18(5-2)10-11(3)17-9-12-7-6-8-13(15)14(12)16/h6-8,11,17H,4-5,9-10H2,1-3H3. The molecule has 0 aromatic heterocycles. The lowest BCUT2D eigenvalue weighted by molar-refractivity contribution is 0.270. The van der Waals surface area contributed by atoms with Crippen molar-refractivity contribution in [3.8, 4) is 0 Å². The van der Waals surface area contributed by atoms with Gasteiger partial charge in [-0.05, 0) is 31.6 Å². The zero-order chi connectivity index (χ0) is 13.5. The van der Waals surface area contributed by atoms with Gasteiger partial charge in [0.1, 0.15) is 0 Å². The number of hydrogen-bond donors (Lipinski definition) is 1. The van der Waals surface area contributed by atoms with E-state index in [0.717, 1.165) is 31.7 Å². The Morgan fingerprint density at radius 2 is 1.89 bits per heavy atom. The molecular weight excluding hydrogens is 267 g/mol. The van der Waals surface area contributed by atoms with Crippen molar-refractivity contribution in [1.82, 2.24) is 10.2 Å². The molecule has 0 aliphatic rings. The van der Waals surface area contributed by atoms with Crippen LogP contribution in [0.4, 0.5) is 0 Å². The maximum atomic E-state index is 6.15. The molecule has 1 N–H and O–H groups in total. The summed E-state index contributed by atoms with van der Waals surface area (Å²) in [5.41, 5.74) is 1.05. The smallest absolute Gasteiger partial charge is 0.0637 e. The lowest BCUT2D eigenvalue weighted by Crippen LogP contribution is -2.38. The molecule has 1 unspecified atom stereocenters. The van der Waals surface area contributed by atoms with Gasteiger partial charge in [0.05, 0.1) is 10.0 Å². The Hall–Kier alpha value is -0.280. The molecule has 1 aromatic rings. The minimum Gasteiger partial charge on any atom is -0.309 e. The third-order valence-corrected chi connectivity index (χ3v) is 3.96. The zero-order valence-corrected chi connectivity index (χ0v) is 12.9. The zero-order valence-electron chi connectivity index (χ0n) is 11.3. The quantitative estimate of drug-likeness (QED) is 0.821. The van der Waals surface area contributed by atoms with E-state index in [4.69, 9.17) is 23.2 Å². The number of halogens is 2. The van der Waals surface area contributed by atoms with Gasteiger partial charge in [-0.15, -0.1) is 0 Å². The van der Waals surface area contributed by atoms with E-state index in [1.807, 2.05) is 18.2 Å². The van der Waals surface area contributed by atoms with Gasteiger partial charge in [0.2, 0.25) is 0 Å². The van der Waals surface area contributed by atoms with E-state index in [0.29, 0.717) is 16.1 Å². The number of likely N-dealkylation sites (N-methyl/N-ethyl adjacent to an activating group) is 1. The molecule has 1 rings (SSSR count). The number of nitrogens with one attached hydrogen (secondary N) is 1. The van der Waals surface area contributed by atoms with E-state index in [1.54, 1.807) is 0 Å². The average molecular weight is 289 g/mol. The molecule has 1 atom stereocenters. The predicted octanol–water partition coefficient (Wildman–Crippen LogP) is 3.81. The molecule has 0 fully saturated rings. The summed E-state index contributed by atoms with van der Waals surface area (Å²) >= 11 is 12.1. The highest BCUT2D eigenvalue weighted by Gasteiger charge is 2.08. The lowest BCUT2D eigenvalue weighted by atomic mass is 10.2. The second kappa shape index (κ2) is 8.00. The summed E-state index contributed by atoms with van der Waals surface area (Å²) in [6.45, 7) is 10.5. The fourth-order valence-corrected chi connectivity index (χ4v) is 2.29. The van der Waals surface area contributed by atoms with Crippen molar-refractivity contribution in [2.24, 2.45) is 0 Å². The first-order chi connectivity index (χ1) is 8.58. The van der Waals surface area contributed by atoms with Crippen LogP contribution in [0.25, 0.3) is 0 Å². The van der Waals surface area contributed by atoms with E-state index in [1.165, 1.54) is 0 Å². The summed E-state index contributed by atoms with van der Waals surface area (Å²) < 4.78 is 0. The maximum absolute atomic E-state index is 6.15. The molecule has 0 saturated carbocycles. The van der Waals surface area contributed by atoms with Crippen molar-refractivity contribution >= 4 is 23.2 Å². The number of benzene rings is 1. The van der Waals surface area contributed by atoms with Crippen LogP contribution in [0.2, 0.25) is 10.0 Å². The van der Waals surface area contributed by atoms with Crippen molar-refractivity contribution in [2.75, 3.05) is 19.6 Å². The number of rotatable bonds is 7. The lowest BCUT2D eigenvalue weighted by Gasteiger charge is -2.23. The van der Waals surface area contributed by atoms with E-state index in [-0.39, 0.29) is 0 Å². The molecule has 0 saturated heterocycles. The highest BCUT2D eigenvalue weighted by Crippen LogP contribution is 2.25. The van der Waals surface area contributed by atoms with Gasteiger partial charge < -0.3 is 10.2 Å². The third-order valence-electron chi connectivity index (χ3n) is 3.10. The summed E-state index contributed by atoms with van der Waals surface area (Å²) in [5.74, 6) is 0. The van der Waals surface area contributed by atoms with Gasteiger partial charge in [-0.2, -0.15) is 0 Å². The van der Waals surface area contributed by atoms with Crippen molar-refractivity contribution in [3.63, 3.8) is 0 Å². The molecular formula is C14H22Cl2N2. The molecule has 4 heteroatoms. The molecule has 0 aliphatic carbocycles. The largest absolute Gasteiger partial charge is 0.309 e. The first-order valence-electron chi connectivity index (χ1n) is 6.47. The van der Waals surface area contributed by atoms with Gasteiger partial charge in [0, 0.05) is 19.1 Å². The van der Waals surface area contributed by atoms with E-state index in [9.17, 15) is 0 Å². The fourth-order valence-electron chi connectivity index (χ4n) is 1.90. The van der Waals surface area contributed by atoms with Gasteiger partial charge in [0.15, 0.2) is 0 Å². The van der Waals surface area contributed by atoms with Gasteiger partial charge in [-0.3, -0.25) is 0 Å². The summed E-state index contributed by atoms with van der Waals surface area (Å²) in [4.78, 5) is 2.40. The molecule has 0 amide bonds. The molecule has 0 aliphatic heterocycles. The first kappa shape index (κ1) is 15.8. The highest BCUT2D eigenvalue weighted by molar-refractivity contribution is 6.42. The fraction of sp³-hybridized carbons (Fsp3) is 0.571. The van der Waals surface area contributed by atoms with E-state index >= 15 is 0 Å². The minimum atomic E-state index is 0.431. The Morgan fingerprint density at radius 3 is 2.50 bits per heavy atom. The van der Waals surface area contributed by atoms with Crippen molar-refractivity contribution < 1.29 is 0 Å². The normalized spacial score (nSPS) is 13.0. The Balaban J connectivity index is 2.47. The van der Waals surface area contributed by atoms with Crippen molar-refractivity contribution in [2.45, 2.75) is 33.4 Å². The Morgan fingerprint density at radius 1 is 1.22 bits per heavy atom. The molecule has 2 nitrogen and oxygen atoms in total. The summed E-state index contributed by atoms with van der Waals surface area (Å²) in [6, 6.07) is 6.18. The van der Waals surface area contributed by atoms with Gasteiger partial charge in [-0.1, -0.05) is 49.2 Å². The maximum Gasteiger partial charge on any atom is 0.0637 e. The molecule has 0 bridgehead atoms. The van der Waals surface area contributed by atoms with Crippen LogP contribution in [0.15, 0.2) is 18.2 Å². The van der Waals surface area contributed by atoms with Crippen LogP contribution in [-0.4, -0.2) is 30.6 Å². The van der Waals surface area contributed by atoms with Crippen LogP contribution >= 0.6 is 23.2 Å². The van der Waals surface area contributed by atoms with Gasteiger partial charge >= 0.3 is 0 Å². The summed E-state index contributed by atoms with van der Waals surface area (Å²) in [5, 5.41) is 4.75. The summed E-state index contributed by atoms with van der Waals surface area (Å²) in [7, 11) is 0. The van der Waals surface area contributed by atoms with Crippen LogP contribution in [0.1, 0.15) is 26.3 Å². The van der Waals surface area contributed by atoms with Crippen LogP contribution in [0, 0.1) is 0 Å². The van der Waals surface area contributed by atoms with Gasteiger partial charge in [-0.25, -0.2) is 0 Å². The van der Waals surface area contributed by atoms with Crippen LogP contribution in [0.5, 0.6) is 0 Å². The SMILES string of the molecule is CCN(CC)CC(C)NCc1cccc(Cl)c1Cl. The minimum absolute atomic E-state index is 0.431. The predicted molar refractivity (Wildman–Crippen MR) is 80.6 cm³/mol. The Kier molecular flexibility index (Phi) is 7.02. The average Bonchev–Trinajstić information content (AvgIpc) is 2.37. The Labute approximate surface area is 120 Å². The molecule has 18 heavy (non-hydrogen) atoms. The van der Waals surface area contributed by atoms with Crippen LogP contribution in [0.3, 0.4) is 0 Å². The van der Waals surface area contributed by atoms with Crippen LogP contribution < -0.4 is 5.32 Å². The Bertz CT molecular complexity index is 365. The summed E-state index contributed by atoms with van der Waals surface area (Å²) in [6.07, 6.45) is 0.